The largest absolute Gasteiger partial charge is 0.352 e. The molecule has 0 heterocycles. The molecule has 0 saturated carbocycles. The molecule has 4 nitrogen and oxygen atoms in total. The van der Waals surface area contributed by atoms with Gasteiger partial charge in [0.1, 0.15) is 0 Å². The number of hydrogen-bond donors (Lipinski definition) is 1. The Bertz CT molecular complexity index is 616. The minimum atomic E-state index is -3.89. The highest BCUT2D eigenvalue weighted by Gasteiger charge is 2.20. The Balaban J connectivity index is 3.13. The zero-order valence-corrected chi connectivity index (χ0v) is 14.7. The van der Waals surface area contributed by atoms with E-state index in [9.17, 15) is 13.2 Å². The number of carbonyl (C=O) groups excluding carboxylic acids is 1. The van der Waals surface area contributed by atoms with E-state index in [0.29, 0.717) is 28.1 Å². The molecule has 0 fully saturated rings. The van der Waals surface area contributed by atoms with Crippen molar-refractivity contribution in [2.75, 3.05) is 6.54 Å². The van der Waals surface area contributed by atoms with E-state index in [2.05, 4.69) is 21.2 Å². The van der Waals surface area contributed by atoms with E-state index in [4.69, 9.17) is 10.7 Å². The number of halogens is 2. The number of benzene rings is 1. The SMILES string of the molecule is CCC(C)CNC(=O)c1cc(Br)cc(S(=O)(=O)Cl)c1C. The van der Waals surface area contributed by atoms with Gasteiger partial charge < -0.3 is 5.32 Å². The quantitative estimate of drug-likeness (QED) is 0.793. The monoisotopic (exact) mass is 381 g/mol. The van der Waals surface area contributed by atoms with Crippen molar-refractivity contribution in [1.29, 1.82) is 0 Å². The van der Waals surface area contributed by atoms with Gasteiger partial charge in [0.25, 0.3) is 15.0 Å². The van der Waals surface area contributed by atoms with E-state index in [1.165, 1.54) is 6.07 Å². The van der Waals surface area contributed by atoms with E-state index >= 15 is 0 Å². The van der Waals surface area contributed by atoms with Crippen molar-refractivity contribution in [3.05, 3.63) is 27.7 Å². The third-order valence-corrected chi connectivity index (χ3v) is 5.05. The lowest BCUT2D eigenvalue weighted by Gasteiger charge is -2.13. The van der Waals surface area contributed by atoms with Gasteiger partial charge in [0.2, 0.25) is 0 Å². The lowest BCUT2D eigenvalue weighted by molar-refractivity contribution is 0.0947. The molecule has 1 aromatic carbocycles. The Labute approximate surface area is 132 Å². The highest BCUT2D eigenvalue weighted by atomic mass is 79.9. The standard InChI is InChI=1S/C13H17BrClNO3S/c1-4-8(2)7-16-13(17)11-5-10(14)6-12(9(11)3)20(15,18)19/h5-6,8H,4,7H2,1-3H3,(H,16,17). The van der Waals surface area contributed by atoms with Gasteiger partial charge in [-0.25, -0.2) is 8.42 Å². The predicted molar refractivity (Wildman–Crippen MR) is 83.7 cm³/mol. The number of rotatable bonds is 5. The molecule has 0 bridgehead atoms. The van der Waals surface area contributed by atoms with E-state index < -0.39 is 9.05 Å². The summed E-state index contributed by atoms with van der Waals surface area (Å²) in [6.45, 7) is 6.19. The van der Waals surface area contributed by atoms with Gasteiger partial charge in [0, 0.05) is 27.3 Å². The fourth-order valence-corrected chi connectivity index (χ4v) is 3.48. The van der Waals surface area contributed by atoms with Crippen molar-refractivity contribution in [1.82, 2.24) is 5.32 Å². The first-order chi connectivity index (χ1) is 9.16. The van der Waals surface area contributed by atoms with Crippen LogP contribution in [0.3, 0.4) is 0 Å². The predicted octanol–water partition coefficient (Wildman–Crippen LogP) is 3.46. The van der Waals surface area contributed by atoms with E-state index in [1.807, 2.05) is 13.8 Å². The van der Waals surface area contributed by atoms with Crippen molar-refractivity contribution in [2.24, 2.45) is 5.92 Å². The Morgan fingerprint density at radius 1 is 1.45 bits per heavy atom. The number of nitrogens with one attached hydrogen (secondary N) is 1. The van der Waals surface area contributed by atoms with Gasteiger partial charge in [0.15, 0.2) is 0 Å². The van der Waals surface area contributed by atoms with Crippen LogP contribution >= 0.6 is 26.6 Å². The van der Waals surface area contributed by atoms with Crippen molar-refractivity contribution in [2.45, 2.75) is 32.1 Å². The van der Waals surface area contributed by atoms with E-state index in [-0.39, 0.29) is 10.8 Å². The fourth-order valence-electron chi connectivity index (χ4n) is 1.65. The first-order valence-electron chi connectivity index (χ1n) is 6.19. The zero-order valence-electron chi connectivity index (χ0n) is 11.5. The summed E-state index contributed by atoms with van der Waals surface area (Å²) in [4.78, 5) is 12.1. The minimum absolute atomic E-state index is 0.0535. The highest BCUT2D eigenvalue weighted by Crippen LogP contribution is 2.27. The normalized spacial score (nSPS) is 13.1. The van der Waals surface area contributed by atoms with Gasteiger partial charge in [-0.15, -0.1) is 0 Å². The van der Waals surface area contributed by atoms with Crippen LogP contribution < -0.4 is 5.32 Å². The van der Waals surface area contributed by atoms with Crippen LogP contribution in [0.5, 0.6) is 0 Å². The van der Waals surface area contributed by atoms with Crippen LogP contribution in [-0.2, 0) is 9.05 Å². The van der Waals surface area contributed by atoms with Crippen molar-refractivity contribution < 1.29 is 13.2 Å². The number of carbonyl (C=O) groups is 1. The van der Waals surface area contributed by atoms with Crippen LogP contribution in [0.15, 0.2) is 21.5 Å². The van der Waals surface area contributed by atoms with Crippen LogP contribution in [0.1, 0.15) is 36.2 Å². The van der Waals surface area contributed by atoms with Gasteiger partial charge in [-0.3, -0.25) is 4.79 Å². The average molecular weight is 383 g/mol. The third-order valence-electron chi connectivity index (χ3n) is 3.14. The molecule has 0 aliphatic heterocycles. The summed E-state index contributed by atoms with van der Waals surface area (Å²) in [5.74, 6) is 0.0632. The molecule has 1 amide bonds. The smallest absolute Gasteiger partial charge is 0.261 e. The van der Waals surface area contributed by atoms with Gasteiger partial charge in [0.05, 0.1) is 4.90 Å². The van der Waals surface area contributed by atoms with Crippen LogP contribution in [0.25, 0.3) is 0 Å². The Hall–Kier alpha value is -0.590. The van der Waals surface area contributed by atoms with Gasteiger partial charge in [-0.05, 0) is 30.5 Å². The van der Waals surface area contributed by atoms with Crippen LogP contribution in [-0.4, -0.2) is 20.9 Å². The van der Waals surface area contributed by atoms with E-state index in [1.54, 1.807) is 13.0 Å². The topological polar surface area (TPSA) is 63.2 Å². The second-order valence-corrected chi connectivity index (χ2v) is 8.19. The summed E-state index contributed by atoms with van der Waals surface area (Å²) >= 11 is 3.20. The molecule has 0 aliphatic carbocycles. The molecule has 0 aliphatic rings. The van der Waals surface area contributed by atoms with Crippen LogP contribution in [0, 0.1) is 12.8 Å². The van der Waals surface area contributed by atoms with Crippen LogP contribution in [0.2, 0.25) is 0 Å². The molecular formula is C13H17BrClNO3S. The molecule has 7 heteroatoms. The lowest BCUT2D eigenvalue weighted by Crippen LogP contribution is -2.29. The van der Waals surface area contributed by atoms with E-state index in [0.717, 1.165) is 6.42 Å². The summed E-state index contributed by atoms with van der Waals surface area (Å²) in [6, 6.07) is 2.98. The molecular weight excluding hydrogens is 366 g/mol. The molecule has 1 atom stereocenters. The Morgan fingerprint density at radius 2 is 2.05 bits per heavy atom. The molecule has 1 unspecified atom stereocenters. The Morgan fingerprint density at radius 3 is 2.55 bits per heavy atom. The van der Waals surface area contributed by atoms with Crippen LogP contribution in [0.4, 0.5) is 0 Å². The molecule has 0 aromatic heterocycles. The molecule has 1 rings (SSSR count). The average Bonchev–Trinajstić information content (AvgIpc) is 2.36. The summed E-state index contributed by atoms with van der Waals surface area (Å²) in [5.41, 5.74) is 0.659. The highest BCUT2D eigenvalue weighted by molar-refractivity contribution is 9.10. The summed E-state index contributed by atoms with van der Waals surface area (Å²) < 4.78 is 23.5. The summed E-state index contributed by atoms with van der Waals surface area (Å²) in [5, 5.41) is 2.80. The van der Waals surface area contributed by atoms with Gasteiger partial charge >= 0.3 is 0 Å². The summed E-state index contributed by atoms with van der Waals surface area (Å²) in [6.07, 6.45) is 0.957. The first kappa shape index (κ1) is 17.5. The van der Waals surface area contributed by atoms with Crippen molar-refractivity contribution in [3.63, 3.8) is 0 Å². The molecule has 0 radical (unpaired) electrons. The molecule has 20 heavy (non-hydrogen) atoms. The maximum atomic E-state index is 12.1. The molecule has 0 spiro atoms. The summed E-state index contributed by atoms with van der Waals surface area (Å²) in [7, 11) is 1.50. The van der Waals surface area contributed by atoms with Gasteiger partial charge in [-0.1, -0.05) is 36.2 Å². The second-order valence-electron chi connectivity index (χ2n) is 4.74. The minimum Gasteiger partial charge on any atom is -0.352 e. The maximum absolute atomic E-state index is 12.1. The van der Waals surface area contributed by atoms with Crippen molar-refractivity contribution >= 4 is 41.6 Å². The lowest BCUT2D eigenvalue weighted by atomic mass is 10.1. The first-order valence-corrected chi connectivity index (χ1v) is 9.30. The molecule has 1 aromatic rings. The fraction of sp³-hybridized carbons (Fsp3) is 0.462. The number of amides is 1. The number of hydrogen-bond acceptors (Lipinski definition) is 3. The second kappa shape index (κ2) is 6.91. The third kappa shape index (κ3) is 4.46. The molecule has 112 valence electrons. The maximum Gasteiger partial charge on any atom is 0.261 e. The molecule has 1 N–H and O–H groups in total. The Kier molecular flexibility index (Phi) is 6.04. The van der Waals surface area contributed by atoms with Crippen molar-refractivity contribution in [3.8, 4) is 0 Å². The molecule has 0 saturated heterocycles. The zero-order chi connectivity index (χ0) is 15.5. The van der Waals surface area contributed by atoms with Gasteiger partial charge in [-0.2, -0.15) is 0 Å².